The van der Waals surface area contributed by atoms with Crippen LogP contribution in [-0.4, -0.2) is 17.0 Å². The first-order valence-electron chi connectivity index (χ1n) is 7.21. The fourth-order valence-electron chi connectivity index (χ4n) is 3.08. The van der Waals surface area contributed by atoms with E-state index in [1.807, 2.05) is 12.1 Å². The minimum Gasteiger partial charge on any atom is -0.350 e. The molecule has 3 nitrogen and oxygen atoms in total. The van der Waals surface area contributed by atoms with Crippen LogP contribution in [0, 0.1) is 6.92 Å². The second-order valence-electron chi connectivity index (χ2n) is 5.55. The Morgan fingerprint density at radius 3 is 2.71 bits per heavy atom. The van der Waals surface area contributed by atoms with Crippen molar-refractivity contribution in [2.75, 3.05) is 6.54 Å². The molecule has 104 valence electrons. The molecule has 0 saturated heterocycles. The summed E-state index contributed by atoms with van der Waals surface area (Å²) in [6.45, 7) is 3.56. The quantitative estimate of drug-likeness (QED) is 0.726. The van der Waals surface area contributed by atoms with E-state index < -0.39 is 0 Å². The zero-order chi connectivity index (χ0) is 14.4. The molecule has 1 aliphatic rings. The van der Waals surface area contributed by atoms with Gasteiger partial charge in [-0.15, -0.1) is 0 Å². The highest BCUT2D eigenvalue weighted by Gasteiger charge is 2.20. The number of aromatic nitrogens is 1. The summed E-state index contributed by atoms with van der Waals surface area (Å²) in [6, 6.07) is 16.7. The summed E-state index contributed by atoms with van der Waals surface area (Å²) in [5, 5.41) is 4.09. The monoisotopic (exact) mass is 276 g/mol. The van der Waals surface area contributed by atoms with E-state index in [4.69, 9.17) is 0 Å². The van der Waals surface area contributed by atoms with Gasteiger partial charge in [0, 0.05) is 24.2 Å². The summed E-state index contributed by atoms with van der Waals surface area (Å²) >= 11 is 0. The summed E-state index contributed by atoms with van der Waals surface area (Å²) in [6.07, 6.45) is 0. The molecule has 1 N–H and O–H groups in total. The van der Waals surface area contributed by atoms with Crippen molar-refractivity contribution in [2.24, 2.45) is 0 Å². The van der Waals surface area contributed by atoms with E-state index in [0.29, 0.717) is 6.54 Å². The molecule has 0 fully saturated rings. The molecule has 3 heteroatoms. The Bertz CT molecular complexity index is 844. The molecule has 1 aliphatic heterocycles. The molecule has 2 heterocycles. The first-order valence-corrected chi connectivity index (χ1v) is 7.21. The van der Waals surface area contributed by atoms with Crippen LogP contribution in [0.4, 0.5) is 0 Å². The summed E-state index contributed by atoms with van der Waals surface area (Å²) in [5.41, 5.74) is 5.43. The molecule has 1 amide bonds. The van der Waals surface area contributed by atoms with Gasteiger partial charge in [0.05, 0.1) is 11.1 Å². The third kappa shape index (κ3) is 1.85. The van der Waals surface area contributed by atoms with Gasteiger partial charge in [0.2, 0.25) is 0 Å². The van der Waals surface area contributed by atoms with E-state index in [9.17, 15) is 4.79 Å². The lowest BCUT2D eigenvalue weighted by molar-refractivity contribution is 0.0956. The van der Waals surface area contributed by atoms with Gasteiger partial charge in [-0.3, -0.25) is 4.79 Å². The van der Waals surface area contributed by atoms with Crippen LogP contribution in [0.2, 0.25) is 0 Å². The lowest BCUT2D eigenvalue weighted by Gasteiger charge is -2.09. The molecule has 2 aromatic carbocycles. The van der Waals surface area contributed by atoms with E-state index in [0.717, 1.165) is 23.0 Å². The number of hydrogen-bond donors (Lipinski definition) is 1. The van der Waals surface area contributed by atoms with Crippen LogP contribution in [0.15, 0.2) is 48.5 Å². The van der Waals surface area contributed by atoms with Crippen LogP contribution >= 0.6 is 0 Å². The molecular formula is C18H16N2O. The molecule has 0 saturated carbocycles. The van der Waals surface area contributed by atoms with Crippen LogP contribution in [0.3, 0.4) is 0 Å². The molecule has 3 aromatic rings. The molecule has 0 spiro atoms. The highest BCUT2D eigenvalue weighted by molar-refractivity contribution is 6.07. The summed E-state index contributed by atoms with van der Waals surface area (Å²) in [7, 11) is 0. The van der Waals surface area contributed by atoms with E-state index in [1.165, 1.54) is 16.8 Å². The molecule has 0 unspecified atom stereocenters. The summed E-state index contributed by atoms with van der Waals surface area (Å²) in [5.74, 6) is 0.0212. The van der Waals surface area contributed by atoms with Crippen molar-refractivity contribution in [2.45, 2.75) is 13.5 Å². The van der Waals surface area contributed by atoms with Crippen molar-refractivity contribution in [3.8, 4) is 11.3 Å². The van der Waals surface area contributed by atoms with Gasteiger partial charge in [-0.25, -0.2) is 0 Å². The normalized spacial score (nSPS) is 14.0. The average Bonchev–Trinajstić information content (AvgIpc) is 2.77. The lowest BCUT2D eigenvalue weighted by atomic mass is 10.1. The van der Waals surface area contributed by atoms with Crippen LogP contribution < -0.4 is 5.32 Å². The lowest BCUT2D eigenvalue weighted by Crippen LogP contribution is -2.24. The van der Waals surface area contributed by atoms with Gasteiger partial charge in [0.15, 0.2) is 0 Å². The average molecular weight is 276 g/mol. The van der Waals surface area contributed by atoms with E-state index in [2.05, 4.69) is 53.2 Å². The van der Waals surface area contributed by atoms with Crippen LogP contribution in [0.5, 0.6) is 0 Å². The first kappa shape index (κ1) is 12.2. The first-order chi connectivity index (χ1) is 10.2. The number of carbonyl (C=O) groups excluding carboxylic acids is 1. The molecule has 21 heavy (non-hydrogen) atoms. The third-order valence-corrected chi connectivity index (χ3v) is 4.13. The number of amides is 1. The van der Waals surface area contributed by atoms with Crippen molar-refractivity contribution >= 4 is 16.8 Å². The number of rotatable bonds is 1. The van der Waals surface area contributed by atoms with Gasteiger partial charge in [0.25, 0.3) is 5.91 Å². The Labute approximate surface area is 123 Å². The molecule has 0 aliphatic carbocycles. The Hall–Kier alpha value is -2.55. The van der Waals surface area contributed by atoms with Crippen molar-refractivity contribution in [3.63, 3.8) is 0 Å². The number of nitrogens with one attached hydrogen (secondary N) is 1. The number of carbonyl (C=O) groups is 1. The summed E-state index contributed by atoms with van der Waals surface area (Å²) in [4.78, 5) is 12.2. The number of para-hydroxylation sites is 1. The Balaban J connectivity index is 2.02. The topological polar surface area (TPSA) is 34.0 Å². The zero-order valence-corrected chi connectivity index (χ0v) is 11.9. The second-order valence-corrected chi connectivity index (χ2v) is 5.55. The van der Waals surface area contributed by atoms with Crippen molar-refractivity contribution in [1.82, 2.24) is 9.88 Å². The van der Waals surface area contributed by atoms with E-state index in [1.54, 1.807) is 0 Å². The zero-order valence-electron chi connectivity index (χ0n) is 11.9. The summed E-state index contributed by atoms with van der Waals surface area (Å²) < 4.78 is 2.26. The van der Waals surface area contributed by atoms with Gasteiger partial charge in [-0.1, -0.05) is 42.0 Å². The van der Waals surface area contributed by atoms with Gasteiger partial charge in [0.1, 0.15) is 0 Å². The standard InChI is InChI=1S/C18H16N2O/c1-12-5-7-13(8-6-12)16-11-14-3-2-4-15-17(14)20(16)10-9-19-18(15)21/h2-8,11H,9-10H2,1H3,(H,19,21). The Morgan fingerprint density at radius 1 is 1.10 bits per heavy atom. The molecule has 4 rings (SSSR count). The Kier molecular flexibility index (Phi) is 2.61. The number of benzene rings is 2. The number of hydrogen-bond acceptors (Lipinski definition) is 1. The highest BCUT2D eigenvalue weighted by atomic mass is 16.1. The van der Waals surface area contributed by atoms with Gasteiger partial charge in [-0.2, -0.15) is 0 Å². The smallest absolute Gasteiger partial charge is 0.253 e. The van der Waals surface area contributed by atoms with Crippen molar-refractivity contribution < 1.29 is 4.79 Å². The fraction of sp³-hybridized carbons (Fsp3) is 0.167. The van der Waals surface area contributed by atoms with Crippen molar-refractivity contribution in [3.05, 3.63) is 59.7 Å². The molecule has 0 atom stereocenters. The minimum absolute atomic E-state index is 0.0212. The van der Waals surface area contributed by atoms with Gasteiger partial charge < -0.3 is 9.88 Å². The predicted octanol–water partition coefficient (Wildman–Crippen LogP) is 3.36. The molecule has 0 bridgehead atoms. The maximum absolute atomic E-state index is 12.2. The maximum atomic E-state index is 12.2. The predicted molar refractivity (Wildman–Crippen MR) is 84.4 cm³/mol. The highest BCUT2D eigenvalue weighted by Crippen LogP contribution is 2.31. The van der Waals surface area contributed by atoms with Crippen molar-refractivity contribution in [1.29, 1.82) is 0 Å². The van der Waals surface area contributed by atoms with Crippen LogP contribution in [-0.2, 0) is 6.54 Å². The molecular weight excluding hydrogens is 260 g/mol. The number of nitrogens with zero attached hydrogens (tertiary/aromatic N) is 1. The SMILES string of the molecule is Cc1ccc(-c2cc3cccc4c3n2CCNC4=O)cc1. The van der Waals surface area contributed by atoms with E-state index >= 15 is 0 Å². The van der Waals surface area contributed by atoms with Gasteiger partial charge >= 0.3 is 0 Å². The number of aryl methyl sites for hydroxylation is 1. The Morgan fingerprint density at radius 2 is 1.90 bits per heavy atom. The third-order valence-electron chi connectivity index (χ3n) is 4.13. The fourth-order valence-corrected chi connectivity index (χ4v) is 3.08. The minimum atomic E-state index is 0.0212. The molecule has 0 radical (unpaired) electrons. The largest absolute Gasteiger partial charge is 0.350 e. The van der Waals surface area contributed by atoms with Gasteiger partial charge in [-0.05, 0) is 24.6 Å². The second kappa shape index (κ2) is 4.48. The van der Waals surface area contributed by atoms with E-state index in [-0.39, 0.29) is 5.91 Å². The van der Waals surface area contributed by atoms with Crippen LogP contribution in [0.25, 0.3) is 22.2 Å². The maximum Gasteiger partial charge on any atom is 0.253 e. The molecule has 1 aromatic heterocycles. The van der Waals surface area contributed by atoms with Crippen LogP contribution in [0.1, 0.15) is 15.9 Å².